The molecule has 0 radical (unpaired) electrons. The smallest absolute Gasteiger partial charge is 0.367 e. The maximum atomic E-state index is 13.2. The van der Waals surface area contributed by atoms with Crippen molar-refractivity contribution >= 4 is 57.3 Å². The predicted molar refractivity (Wildman–Crippen MR) is 203 cm³/mol. The van der Waals surface area contributed by atoms with Crippen LogP contribution in [0.3, 0.4) is 0 Å². The number of halogens is 3. The van der Waals surface area contributed by atoms with Gasteiger partial charge in [0.1, 0.15) is 23.4 Å². The molecule has 0 bridgehead atoms. The van der Waals surface area contributed by atoms with Crippen LogP contribution < -0.4 is 25.3 Å². The number of hydrogen-bond donors (Lipinski definition) is 2. The third-order valence-electron chi connectivity index (χ3n) is 9.74. The SMILES string of the molecule is C=CC(=O)Nc1cc(N2CC(n3c(C#N)cc4c(C)c(CN5CCC(NC(/N=C\C)=c6\cc(CC(F)(F)F)sc6=C(C)C)CC5)ccc43)C2)ccn1. The average Bonchev–Trinajstić information content (AvgIpc) is 3.67. The first-order valence-electron chi connectivity index (χ1n) is 17.4. The van der Waals surface area contributed by atoms with E-state index in [0.717, 1.165) is 77.5 Å². The van der Waals surface area contributed by atoms with Gasteiger partial charge in [-0.2, -0.15) is 18.4 Å². The first kappa shape index (κ1) is 36.8. The van der Waals surface area contributed by atoms with Crippen LogP contribution in [-0.2, 0) is 17.8 Å². The van der Waals surface area contributed by atoms with Gasteiger partial charge in [-0.15, -0.1) is 11.3 Å². The molecular formula is C39H43F3N8OS. The number of alkyl halides is 3. The summed E-state index contributed by atoms with van der Waals surface area (Å²) in [5.74, 6) is 0.773. The molecule has 2 fully saturated rings. The number of thiophene rings is 1. The lowest BCUT2D eigenvalue weighted by Crippen LogP contribution is -2.48. The Bertz CT molecular complexity index is 2180. The Kier molecular flexibility index (Phi) is 10.9. The number of rotatable bonds is 10. The zero-order valence-corrected chi connectivity index (χ0v) is 30.7. The number of aromatic nitrogens is 2. The fourth-order valence-electron chi connectivity index (χ4n) is 7.09. The number of anilines is 2. The lowest BCUT2D eigenvalue weighted by Gasteiger charge is -2.42. The highest BCUT2D eigenvalue weighted by Crippen LogP contribution is 2.35. The number of fused-ring (bicyclic) bond motifs is 1. The summed E-state index contributed by atoms with van der Waals surface area (Å²) >= 11 is 1.19. The Morgan fingerprint density at radius 2 is 1.92 bits per heavy atom. The van der Waals surface area contributed by atoms with Crippen molar-refractivity contribution in [3.05, 3.63) is 86.7 Å². The molecule has 13 heteroatoms. The van der Waals surface area contributed by atoms with Crippen molar-refractivity contribution in [3.8, 4) is 6.07 Å². The molecular weight excluding hydrogens is 686 g/mol. The van der Waals surface area contributed by atoms with Gasteiger partial charge in [0, 0.05) is 88.5 Å². The second-order valence-corrected chi connectivity index (χ2v) is 14.8. The van der Waals surface area contributed by atoms with Crippen LogP contribution in [0, 0.1) is 18.3 Å². The minimum Gasteiger partial charge on any atom is -0.367 e. The fraction of sp³-hybridized carbons (Fsp3) is 0.385. The van der Waals surface area contributed by atoms with Crippen LogP contribution in [0.2, 0.25) is 0 Å². The van der Waals surface area contributed by atoms with Gasteiger partial charge in [0.25, 0.3) is 0 Å². The number of piperidine rings is 1. The molecule has 272 valence electrons. The molecule has 3 aromatic heterocycles. The predicted octanol–water partition coefficient (Wildman–Crippen LogP) is 6.17. The summed E-state index contributed by atoms with van der Waals surface area (Å²) in [7, 11) is 0. The third kappa shape index (κ3) is 8.08. The number of aliphatic imine (C=N–C) groups is 1. The first-order chi connectivity index (χ1) is 24.9. The molecule has 1 aromatic carbocycles. The van der Waals surface area contributed by atoms with E-state index in [4.69, 9.17) is 0 Å². The van der Waals surface area contributed by atoms with Crippen molar-refractivity contribution in [2.24, 2.45) is 4.99 Å². The number of likely N-dealkylation sites (tertiary alicyclic amines) is 1. The highest BCUT2D eigenvalue weighted by Gasteiger charge is 2.32. The number of hydrogen-bond acceptors (Lipinski definition) is 8. The van der Waals surface area contributed by atoms with Crippen molar-refractivity contribution in [2.45, 2.75) is 71.8 Å². The third-order valence-corrected chi connectivity index (χ3v) is 11.1. The Labute approximate surface area is 305 Å². The number of nitriles is 1. The van der Waals surface area contributed by atoms with E-state index < -0.39 is 12.6 Å². The van der Waals surface area contributed by atoms with Crippen molar-refractivity contribution in [1.29, 1.82) is 5.26 Å². The molecule has 5 heterocycles. The van der Waals surface area contributed by atoms with Crippen LogP contribution in [0.1, 0.15) is 61.4 Å². The van der Waals surface area contributed by atoms with E-state index in [9.17, 15) is 23.2 Å². The molecule has 0 atom stereocenters. The summed E-state index contributed by atoms with van der Waals surface area (Å²) in [6, 6.07) is 14.4. The van der Waals surface area contributed by atoms with Crippen molar-refractivity contribution < 1.29 is 18.0 Å². The molecule has 2 saturated heterocycles. The molecule has 0 aliphatic carbocycles. The van der Waals surface area contributed by atoms with Gasteiger partial charge in [-0.1, -0.05) is 18.2 Å². The molecule has 2 aliphatic rings. The van der Waals surface area contributed by atoms with E-state index in [1.54, 1.807) is 18.5 Å². The molecule has 9 nitrogen and oxygen atoms in total. The maximum absolute atomic E-state index is 13.2. The van der Waals surface area contributed by atoms with Crippen molar-refractivity contribution in [1.82, 2.24) is 19.8 Å². The van der Waals surface area contributed by atoms with Crippen molar-refractivity contribution in [2.75, 3.05) is 36.4 Å². The molecule has 0 spiro atoms. The molecule has 2 aliphatic heterocycles. The number of pyridine rings is 1. The van der Waals surface area contributed by atoms with Gasteiger partial charge in [0.2, 0.25) is 5.91 Å². The number of carbonyl (C=O) groups excluding carboxylic acids is 1. The van der Waals surface area contributed by atoms with Gasteiger partial charge in [0.15, 0.2) is 0 Å². The van der Waals surface area contributed by atoms with Crippen LogP contribution in [0.5, 0.6) is 0 Å². The van der Waals surface area contributed by atoms with Crippen LogP contribution in [0.4, 0.5) is 24.7 Å². The summed E-state index contributed by atoms with van der Waals surface area (Å²) < 4.78 is 42.6. The van der Waals surface area contributed by atoms with Crippen LogP contribution in [0.15, 0.2) is 60.2 Å². The fourth-order valence-corrected chi connectivity index (χ4v) is 8.23. The number of carbonyl (C=O) groups is 1. The first-order valence-corrected chi connectivity index (χ1v) is 18.2. The minimum absolute atomic E-state index is 0.127. The highest BCUT2D eigenvalue weighted by molar-refractivity contribution is 7.09. The van der Waals surface area contributed by atoms with Gasteiger partial charge in [-0.3, -0.25) is 9.69 Å². The lowest BCUT2D eigenvalue weighted by molar-refractivity contribution is -0.126. The van der Waals surface area contributed by atoms with Crippen LogP contribution in [0.25, 0.3) is 22.3 Å². The quantitative estimate of drug-likeness (QED) is 0.150. The second kappa shape index (κ2) is 15.4. The second-order valence-electron chi connectivity index (χ2n) is 13.6. The largest absolute Gasteiger partial charge is 0.393 e. The van der Waals surface area contributed by atoms with E-state index in [1.807, 2.05) is 39.0 Å². The summed E-state index contributed by atoms with van der Waals surface area (Å²) in [5.41, 5.74) is 5.98. The molecule has 0 saturated carbocycles. The number of aryl methyl sites for hydroxylation is 1. The Hall–Kier alpha value is -4.93. The number of amides is 1. The summed E-state index contributed by atoms with van der Waals surface area (Å²) in [4.78, 5) is 25.4. The summed E-state index contributed by atoms with van der Waals surface area (Å²) in [6.45, 7) is 15.2. The molecule has 4 aromatic rings. The minimum atomic E-state index is -4.26. The molecule has 52 heavy (non-hydrogen) atoms. The lowest BCUT2D eigenvalue weighted by atomic mass is 10.0. The zero-order chi connectivity index (χ0) is 37.2. The van der Waals surface area contributed by atoms with E-state index in [0.29, 0.717) is 17.3 Å². The maximum Gasteiger partial charge on any atom is 0.393 e. The van der Waals surface area contributed by atoms with E-state index in [-0.39, 0.29) is 22.9 Å². The average molecular weight is 729 g/mol. The standard InChI is InChI=1S/C39H43F3N8OS/c1-6-36(51)47-35-17-28(10-13-45-35)49-22-30(23-49)50-29(20-43)16-32-25(5)26(8-9-34(32)50)21-48-14-11-27(12-15-48)46-38(44-7-2)33-18-31(19-39(40,41)42)52-37(33)24(3)4/h6-10,13,16-18,27,30,46H,1,11-12,14-15,19,21-23H2,2-5H3,(H,45,47,51)/b38-33+,44-7-. The number of benzene rings is 1. The van der Waals surface area contributed by atoms with Gasteiger partial charge in [-0.05, 0) is 82.0 Å². The summed E-state index contributed by atoms with van der Waals surface area (Å²) in [5, 5.41) is 18.2. The van der Waals surface area contributed by atoms with Gasteiger partial charge in [0.05, 0.1) is 12.5 Å². The summed E-state index contributed by atoms with van der Waals surface area (Å²) in [6.07, 6.45) is 1.10. The van der Waals surface area contributed by atoms with Gasteiger partial charge < -0.3 is 20.1 Å². The molecule has 2 N–H and O–H groups in total. The van der Waals surface area contributed by atoms with Crippen LogP contribution in [-0.4, -0.2) is 65.0 Å². The highest BCUT2D eigenvalue weighted by atomic mass is 32.1. The van der Waals surface area contributed by atoms with Crippen molar-refractivity contribution in [3.63, 3.8) is 0 Å². The topological polar surface area (TPSA) is 102 Å². The Balaban J connectivity index is 1.13. The van der Waals surface area contributed by atoms with Gasteiger partial charge in [-0.25, -0.2) is 9.98 Å². The number of nitrogens with one attached hydrogen (secondary N) is 2. The molecule has 0 unspecified atom stereocenters. The number of nitrogens with zero attached hydrogens (tertiary/aromatic N) is 6. The zero-order valence-electron chi connectivity index (χ0n) is 29.8. The van der Waals surface area contributed by atoms with E-state index in [2.05, 4.69) is 66.7 Å². The molecule has 1 amide bonds. The van der Waals surface area contributed by atoms with Crippen LogP contribution >= 0.6 is 11.3 Å². The Morgan fingerprint density at radius 3 is 2.58 bits per heavy atom. The Morgan fingerprint density at radius 1 is 1.17 bits per heavy atom. The van der Waals surface area contributed by atoms with Gasteiger partial charge >= 0.3 is 6.18 Å². The molecule has 6 rings (SSSR count). The normalized spacial score (nSPS) is 16.5. The van der Waals surface area contributed by atoms with E-state index >= 15 is 0 Å². The monoisotopic (exact) mass is 728 g/mol. The van der Waals surface area contributed by atoms with E-state index in [1.165, 1.54) is 28.5 Å².